The molecule has 0 radical (unpaired) electrons. The third-order valence-electron chi connectivity index (χ3n) is 11.4. The van der Waals surface area contributed by atoms with E-state index in [4.69, 9.17) is 0 Å². The Hall–Kier alpha value is -6.94. The molecule has 2 nitrogen and oxygen atoms in total. The monoisotopic (exact) mass is 806 g/mol. The van der Waals surface area contributed by atoms with Gasteiger partial charge in [-0.3, -0.25) is 0 Å². The van der Waals surface area contributed by atoms with Crippen molar-refractivity contribution in [1.29, 1.82) is 0 Å². The largest absolute Gasteiger partial charge is 0.310 e. The standard InChI is InChI=1S/C55H39BrN2/c1-3-4-18-45-37(2)53(34-38-15-5-8-19-46(38)45)58(55-36-40-17-7-10-21-48(40)50-23-12-14-25-52(50)55)44-32-30-43(31-33-44)57(42-28-26-41(56)27-29-42)54-35-39-16-6-9-20-47(39)49-22-11-13-24-51(49)54/h3-36H,1H2,2H3/b18-4-. The first-order valence-corrected chi connectivity index (χ1v) is 20.4. The second kappa shape index (κ2) is 14.9. The highest BCUT2D eigenvalue weighted by atomic mass is 79.9. The van der Waals surface area contributed by atoms with Crippen molar-refractivity contribution in [2.45, 2.75) is 6.92 Å². The van der Waals surface area contributed by atoms with Crippen LogP contribution in [0.2, 0.25) is 0 Å². The minimum absolute atomic E-state index is 1.04. The number of halogens is 1. The van der Waals surface area contributed by atoms with Gasteiger partial charge in [-0.2, -0.15) is 0 Å². The molecular formula is C55H39BrN2. The number of allylic oxidation sites excluding steroid dienone is 2. The fourth-order valence-corrected chi connectivity index (χ4v) is 8.95. The summed E-state index contributed by atoms with van der Waals surface area (Å²) < 4.78 is 1.04. The van der Waals surface area contributed by atoms with E-state index in [0.29, 0.717) is 0 Å². The van der Waals surface area contributed by atoms with E-state index < -0.39 is 0 Å². The average molecular weight is 808 g/mol. The lowest BCUT2D eigenvalue weighted by Gasteiger charge is -2.31. The lowest BCUT2D eigenvalue weighted by atomic mass is 9.95. The molecular weight excluding hydrogens is 769 g/mol. The van der Waals surface area contributed by atoms with E-state index in [9.17, 15) is 0 Å². The van der Waals surface area contributed by atoms with E-state index >= 15 is 0 Å². The summed E-state index contributed by atoms with van der Waals surface area (Å²) in [6.45, 7) is 6.25. The molecule has 10 aromatic carbocycles. The normalized spacial score (nSPS) is 11.6. The summed E-state index contributed by atoms with van der Waals surface area (Å²) in [5, 5.41) is 12.2. The molecule has 0 saturated heterocycles. The van der Waals surface area contributed by atoms with Gasteiger partial charge in [-0.15, -0.1) is 0 Å². The van der Waals surface area contributed by atoms with Gasteiger partial charge in [0.05, 0.1) is 17.1 Å². The second-order valence-electron chi connectivity index (χ2n) is 14.7. The van der Waals surface area contributed by atoms with Gasteiger partial charge in [0.2, 0.25) is 0 Å². The lowest BCUT2D eigenvalue weighted by molar-refractivity contribution is 1.25. The Morgan fingerprint density at radius 1 is 0.414 bits per heavy atom. The Morgan fingerprint density at radius 2 is 0.793 bits per heavy atom. The minimum Gasteiger partial charge on any atom is -0.310 e. The molecule has 0 aliphatic heterocycles. The van der Waals surface area contributed by atoms with Crippen LogP contribution in [-0.4, -0.2) is 0 Å². The second-order valence-corrected chi connectivity index (χ2v) is 15.7. The van der Waals surface area contributed by atoms with E-state index in [2.05, 4.69) is 233 Å². The van der Waals surface area contributed by atoms with Crippen molar-refractivity contribution in [2.75, 3.05) is 9.80 Å². The van der Waals surface area contributed by atoms with Crippen molar-refractivity contribution < 1.29 is 0 Å². The molecule has 0 unspecified atom stereocenters. The van der Waals surface area contributed by atoms with E-state index in [-0.39, 0.29) is 0 Å². The van der Waals surface area contributed by atoms with Gasteiger partial charge in [0.15, 0.2) is 0 Å². The van der Waals surface area contributed by atoms with Crippen molar-refractivity contribution in [1.82, 2.24) is 0 Å². The Bertz CT molecular complexity index is 3220. The fourth-order valence-electron chi connectivity index (χ4n) is 8.69. The van der Waals surface area contributed by atoms with E-state index in [0.717, 1.165) is 38.6 Å². The van der Waals surface area contributed by atoms with Crippen LogP contribution in [0, 0.1) is 6.92 Å². The number of hydrogen-bond donors (Lipinski definition) is 0. The summed E-state index contributed by atoms with van der Waals surface area (Å²) in [7, 11) is 0. The quantitative estimate of drug-likeness (QED) is 0.111. The van der Waals surface area contributed by atoms with Crippen molar-refractivity contribution >= 4 is 110 Å². The minimum atomic E-state index is 1.04. The van der Waals surface area contributed by atoms with Gasteiger partial charge in [0.1, 0.15) is 0 Å². The maximum Gasteiger partial charge on any atom is 0.0546 e. The number of benzene rings is 10. The van der Waals surface area contributed by atoms with Crippen LogP contribution in [0.5, 0.6) is 0 Å². The summed E-state index contributed by atoms with van der Waals surface area (Å²) in [6.07, 6.45) is 6.08. The van der Waals surface area contributed by atoms with Crippen LogP contribution < -0.4 is 9.80 Å². The van der Waals surface area contributed by atoms with Gasteiger partial charge in [-0.25, -0.2) is 0 Å². The average Bonchev–Trinajstić information content (AvgIpc) is 3.27. The van der Waals surface area contributed by atoms with E-state index in [1.54, 1.807) is 0 Å². The molecule has 0 heterocycles. The number of hydrogen-bond acceptors (Lipinski definition) is 2. The first-order chi connectivity index (χ1) is 28.6. The highest BCUT2D eigenvalue weighted by Crippen LogP contribution is 2.47. The molecule has 0 bridgehead atoms. The predicted molar refractivity (Wildman–Crippen MR) is 255 cm³/mol. The number of rotatable bonds is 8. The summed E-state index contributed by atoms with van der Waals surface area (Å²) in [5.41, 5.74) is 8.98. The summed E-state index contributed by atoms with van der Waals surface area (Å²) in [4.78, 5) is 4.85. The van der Waals surface area contributed by atoms with Crippen LogP contribution in [-0.2, 0) is 0 Å². The van der Waals surface area contributed by atoms with Crippen LogP contribution >= 0.6 is 15.9 Å². The van der Waals surface area contributed by atoms with Gasteiger partial charge in [0, 0.05) is 32.3 Å². The molecule has 0 atom stereocenters. The van der Waals surface area contributed by atoms with Crippen LogP contribution in [0.25, 0.3) is 59.9 Å². The van der Waals surface area contributed by atoms with Crippen LogP contribution in [0.4, 0.5) is 34.1 Å². The maximum atomic E-state index is 4.00. The highest BCUT2D eigenvalue weighted by molar-refractivity contribution is 9.10. The van der Waals surface area contributed by atoms with Gasteiger partial charge in [-0.1, -0.05) is 162 Å². The Morgan fingerprint density at radius 3 is 1.31 bits per heavy atom. The molecule has 0 saturated carbocycles. The summed E-state index contributed by atoms with van der Waals surface area (Å²) in [5.74, 6) is 0. The Labute approximate surface area is 347 Å². The molecule has 0 aromatic heterocycles. The molecule has 0 amide bonds. The maximum absolute atomic E-state index is 4.00. The molecule has 0 fully saturated rings. The zero-order valence-corrected chi connectivity index (χ0v) is 33.7. The lowest BCUT2D eigenvalue weighted by Crippen LogP contribution is -2.14. The molecule has 0 spiro atoms. The summed E-state index contributed by atoms with van der Waals surface area (Å²) in [6, 6.07) is 68.4. The van der Waals surface area contributed by atoms with Gasteiger partial charge >= 0.3 is 0 Å². The molecule has 58 heavy (non-hydrogen) atoms. The molecule has 3 heteroatoms. The molecule has 0 N–H and O–H groups in total. The van der Waals surface area contributed by atoms with Gasteiger partial charge in [-0.05, 0) is 128 Å². The fraction of sp³-hybridized carbons (Fsp3) is 0.0182. The number of fused-ring (bicyclic) bond motifs is 7. The molecule has 10 rings (SSSR count). The predicted octanol–water partition coefficient (Wildman–Crippen LogP) is 16.7. The SMILES string of the molecule is C=C/C=C\c1c(C)c(N(c2ccc(N(c3ccc(Br)cc3)c3cc4ccccc4c4ccccc34)cc2)c2cc3ccccc3c3ccccc23)cc2ccccc12. The molecule has 0 aliphatic carbocycles. The Kier molecular flexibility index (Phi) is 9.09. The van der Waals surface area contributed by atoms with Crippen molar-refractivity contribution in [3.63, 3.8) is 0 Å². The first kappa shape index (κ1) is 35.5. The zero-order valence-electron chi connectivity index (χ0n) is 32.1. The smallest absolute Gasteiger partial charge is 0.0546 e. The van der Waals surface area contributed by atoms with Crippen molar-refractivity contribution in [2.24, 2.45) is 0 Å². The topological polar surface area (TPSA) is 6.48 Å². The zero-order chi connectivity index (χ0) is 39.2. The van der Waals surface area contributed by atoms with Crippen molar-refractivity contribution in [3.8, 4) is 0 Å². The van der Waals surface area contributed by atoms with Gasteiger partial charge < -0.3 is 9.80 Å². The van der Waals surface area contributed by atoms with E-state index in [1.807, 2.05) is 12.2 Å². The van der Waals surface area contributed by atoms with Crippen LogP contribution in [0.1, 0.15) is 11.1 Å². The number of nitrogens with zero attached hydrogens (tertiary/aromatic N) is 2. The molecule has 10 aromatic rings. The Balaban J connectivity index is 1.23. The van der Waals surface area contributed by atoms with Crippen molar-refractivity contribution in [3.05, 3.63) is 222 Å². The highest BCUT2D eigenvalue weighted by Gasteiger charge is 2.23. The summed E-state index contributed by atoms with van der Waals surface area (Å²) >= 11 is 3.69. The molecule has 276 valence electrons. The van der Waals surface area contributed by atoms with Crippen LogP contribution in [0.15, 0.2) is 211 Å². The number of anilines is 6. The third kappa shape index (κ3) is 6.12. The third-order valence-corrected chi connectivity index (χ3v) is 11.9. The molecule has 0 aliphatic rings. The first-order valence-electron chi connectivity index (χ1n) is 19.7. The van der Waals surface area contributed by atoms with E-state index in [1.165, 1.54) is 65.0 Å². The van der Waals surface area contributed by atoms with Crippen LogP contribution in [0.3, 0.4) is 0 Å². The van der Waals surface area contributed by atoms with Gasteiger partial charge in [0.25, 0.3) is 0 Å².